The van der Waals surface area contributed by atoms with Gasteiger partial charge in [0.15, 0.2) is 0 Å². The molecule has 0 aliphatic carbocycles. The molecule has 3 heterocycles. The second-order valence-corrected chi connectivity index (χ2v) is 7.65. The lowest BCUT2D eigenvalue weighted by Crippen LogP contribution is -2.56. The Morgan fingerprint density at radius 1 is 1.21 bits per heavy atom. The van der Waals surface area contributed by atoms with E-state index in [1.165, 1.54) is 29.0 Å². The molecule has 13 heteroatoms. The van der Waals surface area contributed by atoms with E-state index in [1.54, 1.807) is 0 Å². The molecular weight excluding hydrogens is 462 g/mol. The van der Waals surface area contributed by atoms with E-state index in [9.17, 15) is 31.1 Å². The van der Waals surface area contributed by atoms with Crippen molar-refractivity contribution in [1.29, 1.82) is 0 Å². The highest BCUT2D eigenvalue weighted by Crippen LogP contribution is 2.27. The molecule has 2 aliphatic rings. The van der Waals surface area contributed by atoms with E-state index >= 15 is 0 Å². The van der Waals surface area contributed by atoms with Crippen LogP contribution in [0.5, 0.6) is 0 Å². The Kier molecular flexibility index (Phi) is 7.52. The zero-order valence-corrected chi connectivity index (χ0v) is 16.9. The van der Waals surface area contributed by atoms with Crippen LogP contribution in [-0.2, 0) is 20.8 Å². The van der Waals surface area contributed by atoms with Crippen molar-refractivity contribution in [3.05, 3.63) is 35.8 Å². The van der Waals surface area contributed by atoms with Crippen LogP contribution in [0.25, 0.3) is 10.9 Å². The number of ether oxygens (including phenoxy) is 2. The van der Waals surface area contributed by atoms with Crippen molar-refractivity contribution in [2.24, 2.45) is 0 Å². The van der Waals surface area contributed by atoms with Crippen LogP contribution in [0, 0.1) is 5.82 Å². The Morgan fingerprint density at radius 3 is 2.36 bits per heavy atom. The number of hydrogen-bond donors (Lipinski definition) is 2. The molecule has 182 valence electrons. The third-order valence-corrected chi connectivity index (χ3v) is 5.12. The summed E-state index contributed by atoms with van der Waals surface area (Å²) in [6.45, 7) is 0.581. The Labute approximate surface area is 183 Å². The van der Waals surface area contributed by atoms with Gasteiger partial charge in [0.25, 0.3) is 6.43 Å². The van der Waals surface area contributed by atoms with Gasteiger partial charge in [-0.2, -0.15) is 13.2 Å². The largest absolute Gasteiger partial charge is 0.490 e. The molecule has 33 heavy (non-hydrogen) atoms. The number of rotatable bonds is 4. The number of hydrogen-bond acceptors (Lipinski definition) is 5. The maximum atomic E-state index is 13.6. The van der Waals surface area contributed by atoms with Crippen molar-refractivity contribution < 1.29 is 50.5 Å². The van der Waals surface area contributed by atoms with Crippen molar-refractivity contribution in [2.45, 2.75) is 50.2 Å². The molecule has 2 fully saturated rings. The topological polar surface area (TPSA) is 89.8 Å². The van der Waals surface area contributed by atoms with Crippen LogP contribution >= 0.6 is 0 Å². The van der Waals surface area contributed by atoms with Gasteiger partial charge in [-0.15, -0.1) is 0 Å². The van der Waals surface area contributed by atoms with Gasteiger partial charge >= 0.3 is 18.1 Å². The van der Waals surface area contributed by atoms with E-state index in [4.69, 9.17) is 19.4 Å². The van der Waals surface area contributed by atoms with Crippen molar-refractivity contribution in [1.82, 2.24) is 9.88 Å². The van der Waals surface area contributed by atoms with E-state index in [0.29, 0.717) is 31.6 Å². The second-order valence-electron chi connectivity index (χ2n) is 7.65. The van der Waals surface area contributed by atoms with Crippen molar-refractivity contribution in [3.8, 4) is 0 Å². The Morgan fingerprint density at radius 2 is 1.82 bits per heavy atom. The summed E-state index contributed by atoms with van der Waals surface area (Å²) in [5, 5.41) is 10.8. The molecule has 2 bridgehead atoms. The normalized spacial score (nSPS) is 22.6. The van der Waals surface area contributed by atoms with Crippen LogP contribution in [0.2, 0.25) is 0 Å². The molecule has 0 amide bonds. The summed E-state index contributed by atoms with van der Waals surface area (Å²) in [5.41, 5.74) is 0.495. The maximum absolute atomic E-state index is 13.6. The quantitative estimate of drug-likeness (QED) is 0.513. The molecule has 1 aromatic carbocycles. The average molecular weight is 482 g/mol. The number of alkyl halides is 5. The fraction of sp³-hybridized carbons (Fsp3) is 0.500. The molecule has 2 N–H and O–H groups in total. The molecule has 0 radical (unpaired) electrons. The fourth-order valence-electron chi connectivity index (χ4n) is 3.83. The molecule has 2 aliphatic heterocycles. The van der Waals surface area contributed by atoms with Gasteiger partial charge in [0.05, 0.1) is 25.3 Å². The highest BCUT2D eigenvalue weighted by Gasteiger charge is 2.38. The zero-order chi connectivity index (χ0) is 24.3. The lowest BCUT2D eigenvalue weighted by atomic mass is 9.94. The number of esters is 1. The van der Waals surface area contributed by atoms with Crippen molar-refractivity contribution in [2.75, 3.05) is 13.2 Å². The first kappa shape index (κ1) is 24.8. The van der Waals surface area contributed by atoms with Gasteiger partial charge in [-0.05, 0) is 18.2 Å². The molecule has 4 rings (SSSR count). The van der Waals surface area contributed by atoms with Crippen LogP contribution in [0.15, 0.2) is 24.4 Å². The van der Waals surface area contributed by atoms with E-state index < -0.39 is 36.9 Å². The highest BCUT2D eigenvalue weighted by atomic mass is 19.4. The summed E-state index contributed by atoms with van der Waals surface area (Å²) in [6.07, 6.45) is -5.35. The van der Waals surface area contributed by atoms with Gasteiger partial charge < -0.3 is 24.5 Å². The minimum Gasteiger partial charge on any atom is -0.475 e. The highest BCUT2D eigenvalue weighted by molar-refractivity contribution is 6.04. The van der Waals surface area contributed by atoms with Gasteiger partial charge in [0, 0.05) is 42.0 Å². The summed E-state index contributed by atoms with van der Waals surface area (Å²) in [5.74, 6) is -3.90. The van der Waals surface area contributed by atoms with Crippen molar-refractivity contribution in [3.63, 3.8) is 0 Å². The maximum Gasteiger partial charge on any atom is 0.490 e. The number of carbonyl (C=O) groups is 2. The lowest BCUT2D eigenvalue weighted by molar-refractivity contribution is -0.192. The van der Waals surface area contributed by atoms with E-state index in [0.717, 1.165) is 0 Å². The first-order valence-corrected chi connectivity index (χ1v) is 9.85. The first-order chi connectivity index (χ1) is 15.4. The minimum absolute atomic E-state index is 0.111. The molecule has 2 saturated heterocycles. The predicted octanol–water partition coefficient (Wildman–Crippen LogP) is 3.36. The first-order valence-electron chi connectivity index (χ1n) is 9.85. The Bertz CT molecular complexity index is 997. The number of halogens is 6. The zero-order valence-electron chi connectivity index (χ0n) is 16.9. The average Bonchev–Trinajstić information content (AvgIpc) is 3.04. The minimum atomic E-state index is -5.08. The number of nitrogens with one attached hydrogen (secondary N) is 1. The molecule has 3 atom stereocenters. The number of piperidine rings is 1. The molecule has 0 saturated carbocycles. The third-order valence-electron chi connectivity index (χ3n) is 5.12. The standard InChI is InChI=1S/C18H19F3N2O3.C2HF3O2/c19-10-1-2-16-14(3-10)15(6-23(16)7-17(20)21)18(24)26-13-4-11-8-25-9-12(5-13)22-11;3-2(4,5)1(6)7/h1-3,6,11-13,17,22H,4-5,7-9H2;(H,6,7)/t11-,12+,13?;. The smallest absolute Gasteiger partial charge is 0.475 e. The van der Waals surface area contributed by atoms with Crippen molar-refractivity contribution >= 4 is 22.8 Å². The number of carboxylic acid groups (broad SMARTS) is 1. The fourth-order valence-corrected chi connectivity index (χ4v) is 3.83. The molecule has 1 aromatic heterocycles. The summed E-state index contributed by atoms with van der Waals surface area (Å²) in [4.78, 5) is 21.6. The number of nitrogens with zero attached hydrogens (tertiary/aromatic N) is 1. The monoisotopic (exact) mass is 482 g/mol. The molecule has 2 aromatic rings. The van der Waals surface area contributed by atoms with Crippen LogP contribution in [0.1, 0.15) is 23.2 Å². The third kappa shape index (κ3) is 6.38. The number of fused-ring (bicyclic) bond motifs is 3. The van der Waals surface area contributed by atoms with Crippen LogP contribution in [-0.4, -0.2) is 65.6 Å². The van der Waals surface area contributed by atoms with Crippen LogP contribution < -0.4 is 5.32 Å². The Hall–Kier alpha value is -2.80. The number of carboxylic acids is 1. The van der Waals surface area contributed by atoms with Gasteiger partial charge in [0.2, 0.25) is 0 Å². The van der Waals surface area contributed by atoms with Crippen LogP contribution in [0.3, 0.4) is 0 Å². The number of carbonyl (C=O) groups excluding carboxylic acids is 1. The van der Waals surface area contributed by atoms with E-state index in [1.807, 2.05) is 0 Å². The molecule has 1 unspecified atom stereocenters. The molecular formula is C20H20F6N2O5. The Balaban J connectivity index is 0.000000383. The number of aliphatic carboxylic acids is 1. The molecule has 7 nitrogen and oxygen atoms in total. The summed E-state index contributed by atoms with van der Waals surface area (Å²) in [7, 11) is 0. The summed E-state index contributed by atoms with van der Waals surface area (Å²) >= 11 is 0. The summed E-state index contributed by atoms with van der Waals surface area (Å²) < 4.78 is 83.3. The second kappa shape index (κ2) is 10.00. The van der Waals surface area contributed by atoms with Crippen LogP contribution in [0.4, 0.5) is 26.3 Å². The van der Waals surface area contributed by atoms with Gasteiger partial charge in [-0.25, -0.2) is 22.8 Å². The van der Waals surface area contributed by atoms with E-state index in [-0.39, 0.29) is 29.1 Å². The number of benzene rings is 1. The van der Waals surface area contributed by atoms with Gasteiger partial charge in [-0.1, -0.05) is 0 Å². The van der Waals surface area contributed by atoms with E-state index in [2.05, 4.69) is 5.32 Å². The number of morpholine rings is 1. The van der Waals surface area contributed by atoms with Gasteiger partial charge in [0.1, 0.15) is 11.9 Å². The summed E-state index contributed by atoms with van der Waals surface area (Å²) in [6, 6.07) is 4.04. The SMILES string of the molecule is O=C(O)C(F)(F)F.O=C(OC1C[C@H]2COC[C@@H](C1)N2)c1cn(CC(F)F)c2ccc(F)cc12. The lowest BCUT2D eigenvalue weighted by Gasteiger charge is -2.39. The predicted molar refractivity (Wildman–Crippen MR) is 102 cm³/mol. The van der Waals surface area contributed by atoms with Gasteiger partial charge in [-0.3, -0.25) is 0 Å². The molecule has 0 spiro atoms. The number of aromatic nitrogens is 1.